The summed E-state index contributed by atoms with van der Waals surface area (Å²) in [7, 11) is -1.65. The molecule has 0 radical (unpaired) electrons. The summed E-state index contributed by atoms with van der Waals surface area (Å²) in [5, 5.41) is 0. The highest BCUT2D eigenvalue weighted by atomic mass is 32.2. The maximum Gasteiger partial charge on any atom is 0.243 e. The van der Waals surface area contributed by atoms with Crippen LogP contribution in [0, 0.1) is 12.8 Å². The molecule has 2 fully saturated rings. The summed E-state index contributed by atoms with van der Waals surface area (Å²) in [5.41, 5.74) is 3.44. The molecule has 178 valence electrons. The molecule has 2 saturated heterocycles. The predicted molar refractivity (Wildman–Crippen MR) is 132 cm³/mol. The molecule has 0 aromatic heterocycles. The van der Waals surface area contributed by atoms with Crippen LogP contribution in [0.25, 0.3) is 0 Å². The van der Waals surface area contributed by atoms with Crippen molar-refractivity contribution in [3.63, 3.8) is 0 Å². The van der Waals surface area contributed by atoms with E-state index in [1.165, 1.54) is 34.8 Å². The fraction of sp³-hybridized carbons (Fsp3) is 0.500. The van der Waals surface area contributed by atoms with Crippen molar-refractivity contribution in [1.82, 2.24) is 9.21 Å². The molecule has 0 aliphatic carbocycles. The number of rotatable bonds is 6. The molecule has 0 atom stereocenters. The Bertz CT molecular complexity index is 1050. The molecule has 0 saturated carbocycles. The minimum Gasteiger partial charge on any atom is -0.371 e. The minimum atomic E-state index is -3.51. The Balaban J connectivity index is 1.37. The van der Waals surface area contributed by atoms with Crippen molar-refractivity contribution in [1.29, 1.82) is 0 Å². The van der Waals surface area contributed by atoms with Crippen LogP contribution >= 0.6 is 0 Å². The van der Waals surface area contributed by atoms with Crippen LogP contribution in [0.4, 0.5) is 5.69 Å². The average molecular weight is 470 g/mol. The molecule has 2 aliphatic heterocycles. The summed E-state index contributed by atoms with van der Waals surface area (Å²) in [5.74, 6) is -0.0301. The Kier molecular flexibility index (Phi) is 7.39. The monoisotopic (exact) mass is 469 g/mol. The van der Waals surface area contributed by atoms with Gasteiger partial charge in [-0.25, -0.2) is 8.42 Å². The number of carbonyl (C=O) groups excluding carboxylic acids is 1. The van der Waals surface area contributed by atoms with E-state index < -0.39 is 10.0 Å². The van der Waals surface area contributed by atoms with Crippen molar-refractivity contribution in [2.75, 3.05) is 38.1 Å². The van der Waals surface area contributed by atoms with Gasteiger partial charge in [-0.3, -0.25) is 4.79 Å². The summed E-state index contributed by atoms with van der Waals surface area (Å²) < 4.78 is 27.4. The third-order valence-corrected chi connectivity index (χ3v) is 8.85. The van der Waals surface area contributed by atoms with Gasteiger partial charge in [0.05, 0.1) is 4.90 Å². The minimum absolute atomic E-state index is 0.107. The van der Waals surface area contributed by atoms with Gasteiger partial charge in [-0.2, -0.15) is 4.31 Å². The Labute approximate surface area is 198 Å². The molecule has 7 heteroatoms. The number of carbonyl (C=O) groups is 1. The SMILES string of the molecule is Cc1ccc(S(=O)(=O)N2CCC(C(=O)N(C)Cc3ccccc3N3CCCCC3)CC2)cc1. The quantitative estimate of drug-likeness (QED) is 0.641. The molecular weight excluding hydrogens is 434 g/mol. The lowest BCUT2D eigenvalue weighted by Crippen LogP contribution is -2.43. The van der Waals surface area contributed by atoms with E-state index >= 15 is 0 Å². The van der Waals surface area contributed by atoms with E-state index in [0.29, 0.717) is 37.4 Å². The number of hydrogen-bond donors (Lipinski definition) is 0. The summed E-state index contributed by atoms with van der Waals surface area (Å²) in [6.07, 6.45) is 4.83. The van der Waals surface area contributed by atoms with Crippen LogP contribution in [0.1, 0.15) is 43.2 Å². The zero-order valence-electron chi connectivity index (χ0n) is 19.7. The molecule has 0 bridgehead atoms. The molecule has 0 spiro atoms. The van der Waals surface area contributed by atoms with E-state index in [1.807, 2.05) is 37.1 Å². The zero-order chi connectivity index (χ0) is 23.4. The first-order valence-electron chi connectivity index (χ1n) is 12.0. The highest BCUT2D eigenvalue weighted by molar-refractivity contribution is 7.89. The highest BCUT2D eigenvalue weighted by Crippen LogP contribution is 2.28. The van der Waals surface area contributed by atoms with Crippen LogP contribution in [-0.4, -0.2) is 56.8 Å². The van der Waals surface area contributed by atoms with Gasteiger partial charge < -0.3 is 9.80 Å². The summed E-state index contributed by atoms with van der Waals surface area (Å²) in [6, 6.07) is 15.3. The second-order valence-corrected chi connectivity index (χ2v) is 11.3. The molecule has 2 aromatic rings. The van der Waals surface area contributed by atoms with Crippen molar-refractivity contribution >= 4 is 21.6 Å². The van der Waals surface area contributed by atoms with Crippen molar-refractivity contribution in [3.05, 3.63) is 59.7 Å². The number of benzene rings is 2. The molecule has 0 unspecified atom stereocenters. The largest absolute Gasteiger partial charge is 0.371 e. The number of nitrogens with zero attached hydrogens (tertiary/aromatic N) is 3. The van der Waals surface area contributed by atoms with E-state index in [4.69, 9.17) is 0 Å². The zero-order valence-corrected chi connectivity index (χ0v) is 20.6. The van der Waals surface area contributed by atoms with Crippen LogP contribution in [0.3, 0.4) is 0 Å². The summed E-state index contributed by atoms with van der Waals surface area (Å²) in [6.45, 7) is 5.42. The van der Waals surface area contributed by atoms with Gasteiger partial charge in [0.1, 0.15) is 0 Å². The molecule has 6 nitrogen and oxygen atoms in total. The van der Waals surface area contributed by atoms with Crippen molar-refractivity contribution < 1.29 is 13.2 Å². The first kappa shape index (κ1) is 23.8. The van der Waals surface area contributed by atoms with E-state index in [-0.39, 0.29) is 11.8 Å². The Morgan fingerprint density at radius 1 is 0.939 bits per heavy atom. The van der Waals surface area contributed by atoms with Crippen LogP contribution in [0.2, 0.25) is 0 Å². The fourth-order valence-electron chi connectivity index (χ4n) is 4.94. The number of piperidine rings is 2. The third-order valence-electron chi connectivity index (χ3n) is 6.93. The third kappa shape index (κ3) is 5.41. The lowest BCUT2D eigenvalue weighted by molar-refractivity contribution is -0.135. The molecular formula is C26H35N3O3S. The molecule has 2 heterocycles. The first-order chi connectivity index (χ1) is 15.9. The van der Waals surface area contributed by atoms with Gasteiger partial charge in [0, 0.05) is 51.4 Å². The van der Waals surface area contributed by atoms with E-state index in [2.05, 4.69) is 23.1 Å². The normalized spacial score (nSPS) is 18.3. The van der Waals surface area contributed by atoms with Crippen LogP contribution in [0.5, 0.6) is 0 Å². The number of para-hydroxylation sites is 1. The van der Waals surface area contributed by atoms with Gasteiger partial charge in [0.15, 0.2) is 0 Å². The van der Waals surface area contributed by atoms with Gasteiger partial charge >= 0.3 is 0 Å². The number of sulfonamides is 1. The Morgan fingerprint density at radius 2 is 1.58 bits per heavy atom. The second kappa shape index (κ2) is 10.3. The van der Waals surface area contributed by atoms with Crippen molar-refractivity contribution in [3.8, 4) is 0 Å². The summed E-state index contributed by atoms with van der Waals surface area (Å²) in [4.78, 5) is 17.8. The fourth-order valence-corrected chi connectivity index (χ4v) is 6.41. The van der Waals surface area contributed by atoms with Gasteiger partial charge in [-0.15, -0.1) is 0 Å². The van der Waals surface area contributed by atoms with Crippen LogP contribution < -0.4 is 4.90 Å². The van der Waals surface area contributed by atoms with Gasteiger partial charge in [-0.05, 0) is 62.8 Å². The maximum absolute atomic E-state index is 13.2. The summed E-state index contributed by atoms with van der Waals surface area (Å²) >= 11 is 0. The number of aryl methyl sites for hydroxylation is 1. The lowest BCUT2D eigenvalue weighted by atomic mass is 9.96. The topological polar surface area (TPSA) is 60.9 Å². The van der Waals surface area contributed by atoms with E-state index in [0.717, 1.165) is 18.7 Å². The van der Waals surface area contributed by atoms with E-state index in [1.54, 1.807) is 12.1 Å². The standard InChI is InChI=1S/C26H35N3O3S/c1-21-10-12-24(13-11-21)33(31,32)29-18-14-22(15-19-29)26(30)27(2)20-23-8-4-5-9-25(23)28-16-6-3-7-17-28/h4-5,8-13,22H,3,6-7,14-20H2,1-2H3. The molecule has 1 amide bonds. The van der Waals surface area contributed by atoms with Crippen molar-refractivity contribution in [2.45, 2.75) is 50.5 Å². The van der Waals surface area contributed by atoms with Crippen molar-refractivity contribution in [2.24, 2.45) is 5.92 Å². The maximum atomic E-state index is 13.2. The van der Waals surface area contributed by atoms with Gasteiger partial charge in [0.25, 0.3) is 0 Å². The molecule has 33 heavy (non-hydrogen) atoms. The van der Waals surface area contributed by atoms with E-state index in [9.17, 15) is 13.2 Å². The Morgan fingerprint density at radius 3 is 2.24 bits per heavy atom. The number of hydrogen-bond acceptors (Lipinski definition) is 4. The number of amides is 1. The average Bonchev–Trinajstić information content (AvgIpc) is 2.85. The second-order valence-electron chi connectivity index (χ2n) is 9.36. The Hall–Kier alpha value is -2.38. The van der Waals surface area contributed by atoms with Crippen LogP contribution in [-0.2, 0) is 21.4 Å². The first-order valence-corrected chi connectivity index (χ1v) is 13.4. The highest BCUT2D eigenvalue weighted by Gasteiger charge is 2.33. The number of anilines is 1. The molecule has 2 aromatic carbocycles. The van der Waals surface area contributed by atoms with Gasteiger partial charge in [-0.1, -0.05) is 35.9 Å². The molecule has 0 N–H and O–H groups in total. The molecule has 2 aliphatic rings. The molecule has 4 rings (SSSR count). The van der Waals surface area contributed by atoms with Gasteiger partial charge in [0.2, 0.25) is 15.9 Å². The predicted octanol–water partition coefficient (Wildman–Crippen LogP) is 4.04. The smallest absolute Gasteiger partial charge is 0.243 e. The van der Waals surface area contributed by atoms with Crippen LogP contribution in [0.15, 0.2) is 53.4 Å². The lowest BCUT2D eigenvalue weighted by Gasteiger charge is -2.34.